The molecule has 13 heteroatoms. The SMILES string of the molecule is COC(=O)c1cn([C@@H]2CO[C@@H]3[C@@H]2OC[C@H]3OC(=O)Nc2cccc(C(F)(F)F)c2)nn1. The Morgan fingerprint density at radius 2 is 2.00 bits per heavy atom. The summed E-state index contributed by atoms with van der Waals surface area (Å²) in [6, 6.07) is 3.79. The van der Waals surface area contributed by atoms with Crippen LogP contribution >= 0.6 is 0 Å². The Bertz CT molecular complexity index is 981. The third-order valence-electron chi connectivity index (χ3n) is 4.92. The van der Waals surface area contributed by atoms with E-state index >= 15 is 0 Å². The van der Waals surface area contributed by atoms with Crippen molar-refractivity contribution in [3.05, 3.63) is 41.7 Å². The predicted molar refractivity (Wildman–Crippen MR) is 95.2 cm³/mol. The van der Waals surface area contributed by atoms with Gasteiger partial charge in [-0.1, -0.05) is 11.3 Å². The van der Waals surface area contributed by atoms with Gasteiger partial charge >= 0.3 is 18.2 Å². The Kier molecular flexibility index (Phi) is 5.54. The van der Waals surface area contributed by atoms with Crippen LogP contribution < -0.4 is 5.32 Å². The molecule has 10 nitrogen and oxygen atoms in total. The Labute approximate surface area is 173 Å². The van der Waals surface area contributed by atoms with Crippen LogP contribution in [0.15, 0.2) is 30.5 Å². The lowest BCUT2D eigenvalue weighted by atomic mass is 10.1. The van der Waals surface area contributed by atoms with Gasteiger partial charge in [-0.05, 0) is 18.2 Å². The number of esters is 1. The summed E-state index contributed by atoms with van der Waals surface area (Å²) >= 11 is 0. The number of amides is 1. The maximum atomic E-state index is 12.8. The van der Waals surface area contributed by atoms with Gasteiger partial charge in [-0.25, -0.2) is 14.3 Å². The number of alkyl halides is 3. The van der Waals surface area contributed by atoms with Gasteiger partial charge in [0.1, 0.15) is 18.2 Å². The molecule has 1 aromatic carbocycles. The fourth-order valence-corrected chi connectivity index (χ4v) is 3.47. The molecular weight excluding hydrogens is 425 g/mol. The first-order valence-electron chi connectivity index (χ1n) is 9.14. The minimum atomic E-state index is -4.53. The number of aromatic nitrogens is 3. The van der Waals surface area contributed by atoms with Crippen molar-refractivity contribution >= 4 is 17.7 Å². The molecule has 2 aromatic rings. The van der Waals surface area contributed by atoms with E-state index < -0.39 is 48.2 Å². The van der Waals surface area contributed by atoms with E-state index in [1.807, 2.05) is 0 Å². The number of methoxy groups -OCH3 is 1. The molecule has 1 amide bonds. The molecule has 2 aliphatic heterocycles. The Morgan fingerprint density at radius 1 is 1.23 bits per heavy atom. The molecule has 2 saturated heterocycles. The molecule has 0 radical (unpaired) electrons. The standard InChI is InChI=1S/C18H17F3N4O6/c1-28-16(26)11-6-25(24-23-11)12-7-29-15-13(8-30-14(12)15)31-17(27)22-10-4-2-3-9(5-10)18(19,20)21/h2-6,12-15H,7-8H2,1H3,(H,22,27)/t12-,13-,14-,15+/m1/s1. The van der Waals surface area contributed by atoms with Gasteiger partial charge in [0.2, 0.25) is 0 Å². The van der Waals surface area contributed by atoms with Crippen molar-refractivity contribution < 1.29 is 41.7 Å². The summed E-state index contributed by atoms with van der Waals surface area (Å²) in [4.78, 5) is 23.7. The number of nitrogens with zero attached hydrogens (tertiary/aromatic N) is 3. The summed E-state index contributed by atoms with van der Waals surface area (Å²) in [5.41, 5.74) is -0.925. The first kappa shape index (κ1) is 21.1. The van der Waals surface area contributed by atoms with Crippen LogP contribution in [-0.4, -0.2) is 65.7 Å². The molecule has 0 unspecified atom stereocenters. The second-order valence-electron chi connectivity index (χ2n) is 6.89. The van der Waals surface area contributed by atoms with E-state index in [4.69, 9.17) is 14.2 Å². The fourth-order valence-electron chi connectivity index (χ4n) is 3.47. The highest BCUT2D eigenvalue weighted by molar-refractivity contribution is 5.86. The van der Waals surface area contributed by atoms with Crippen molar-refractivity contribution in [3.63, 3.8) is 0 Å². The van der Waals surface area contributed by atoms with Gasteiger partial charge in [-0.15, -0.1) is 5.10 Å². The number of benzene rings is 1. The number of rotatable bonds is 4. The number of nitrogens with one attached hydrogen (secondary N) is 1. The van der Waals surface area contributed by atoms with E-state index in [0.717, 1.165) is 12.1 Å². The zero-order chi connectivity index (χ0) is 22.2. The van der Waals surface area contributed by atoms with Crippen LogP contribution in [0, 0.1) is 0 Å². The monoisotopic (exact) mass is 442 g/mol. The van der Waals surface area contributed by atoms with Crippen LogP contribution in [0.25, 0.3) is 0 Å². The summed E-state index contributed by atoms with van der Waals surface area (Å²) in [5.74, 6) is -0.637. The lowest BCUT2D eigenvalue weighted by Crippen LogP contribution is -2.34. The molecule has 166 valence electrons. The number of hydrogen-bond donors (Lipinski definition) is 1. The van der Waals surface area contributed by atoms with E-state index in [9.17, 15) is 22.8 Å². The molecule has 0 aliphatic carbocycles. The van der Waals surface area contributed by atoms with E-state index in [2.05, 4.69) is 20.4 Å². The molecule has 3 heterocycles. The van der Waals surface area contributed by atoms with Crippen LogP contribution in [-0.2, 0) is 25.1 Å². The molecule has 0 saturated carbocycles. The second-order valence-corrected chi connectivity index (χ2v) is 6.89. The number of fused-ring (bicyclic) bond motifs is 1. The molecule has 1 N–H and O–H groups in total. The van der Waals surface area contributed by atoms with Gasteiger partial charge in [0.15, 0.2) is 11.8 Å². The van der Waals surface area contributed by atoms with Gasteiger partial charge in [0, 0.05) is 5.69 Å². The molecule has 0 spiro atoms. The first-order chi connectivity index (χ1) is 14.8. The van der Waals surface area contributed by atoms with Gasteiger partial charge in [-0.2, -0.15) is 13.2 Å². The topological polar surface area (TPSA) is 114 Å². The second kappa shape index (κ2) is 8.15. The van der Waals surface area contributed by atoms with Crippen LogP contribution in [0.3, 0.4) is 0 Å². The molecule has 2 aliphatic rings. The molecule has 2 fully saturated rings. The average Bonchev–Trinajstić information content (AvgIpc) is 3.44. The number of halogens is 3. The zero-order valence-corrected chi connectivity index (χ0v) is 16.0. The minimum Gasteiger partial charge on any atom is -0.464 e. The van der Waals surface area contributed by atoms with Crippen molar-refractivity contribution in [1.29, 1.82) is 0 Å². The third kappa shape index (κ3) is 4.32. The van der Waals surface area contributed by atoms with E-state index in [1.165, 1.54) is 30.1 Å². The molecule has 4 rings (SSSR count). The number of carbonyl (C=O) groups is 2. The summed E-state index contributed by atoms with van der Waals surface area (Å²) < 4.78 is 61.1. The number of anilines is 1. The normalized spacial score (nSPS) is 25.2. The summed E-state index contributed by atoms with van der Waals surface area (Å²) in [5, 5.41) is 9.90. The smallest absolute Gasteiger partial charge is 0.416 e. The number of hydrogen-bond acceptors (Lipinski definition) is 8. The number of carbonyl (C=O) groups excluding carboxylic acids is 2. The van der Waals surface area contributed by atoms with Crippen LogP contribution in [0.2, 0.25) is 0 Å². The van der Waals surface area contributed by atoms with Crippen LogP contribution in [0.4, 0.5) is 23.7 Å². The Morgan fingerprint density at radius 3 is 2.74 bits per heavy atom. The molecule has 31 heavy (non-hydrogen) atoms. The van der Waals surface area contributed by atoms with Crippen molar-refractivity contribution in [2.75, 3.05) is 25.6 Å². The van der Waals surface area contributed by atoms with Crippen molar-refractivity contribution in [1.82, 2.24) is 15.0 Å². The van der Waals surface area contributed by atoms with E-state index in [0.29, 0.717) is 0 Å². The highest BCUT2D eigenvalue weighted by atomic mass is 19.4. The highest BCUT2D eigenvalue weighted by Gasteiger charge is 2.50. The quantitative estimate of drug-likeness (QED) is 0.716. The van der Waals surface area contributed by atoms with Gasteiger partial charge < -0.3 is 18.9 Å². The lowest BCUT2D eigenvalue weighted by molar-refractivity contribution is -0.137. The molecule has 1 aromatic heterocycles. The van der Waals surface area contributed by atoms with Crippen molar-refractivity contribution in [2.45, 2.75) is 30.5 Å². The molecule has 4 atom stereocenters. The summed E-state index contributed by atoms with van der Waals surface area (Å²) in [6.07, 6.45) is -5.96. The van der Waals surface area contributed by atoms with Gasteiger partial charge in [0.25, 0.3) is 0 Å². The molecular formula is C18H17F3N4O6. The minimum absolute atomic E-state index is 0.0252. The van der Waals surface area contributed by atoms with Gasteiger partial charge in [0.05, 0.1) is 32.1 Å². The Balaban J connectivity index is 1.37. The predicted octanol–water partition coefficient (Wildman–Crippen LogP) is 2.04. The van der Waals surface area contributed by atoms with E-state index in [-0.39, 0.29) is 24.6 Å². The van der Waals surface area contributed by atoms with E-state index in [1.54, 1.807) is 0 Å². The summed E-state index contributed by atoms with van der Waals surface area (Å²) in [6.45, 7) is 0.203. The van der Waals surface area contributed by atoms with Gasteiger partial charge in [-0.3, -0.25) is 5.32 Å². The lowest BCUT2D eigenvalue weighted by Gasteiger charge is -2.17. The fraction of sp³-hybridized carbons (Fsp3) is 0.444. The van der Waals surface area contributed by atoms with Crippen molar-refractivity contribution in [2.24, 2.45) is 0 Å². The molecule has 0 bridgehead atoms. The maximum Gasteiger partial charge on any atom is 0.416 e. The zero-order valence-electron chi connectivity index (χ0n) is 16.0. The third-order valence-corrected chi connectivity index (χ3v) is 4.92. The summed E-state index contributed by atoms with van der Waals surface area (Å²) in [7, 11) is 1.22. The first-order valence-corrected chi connectivity index (χ1v) is 9.14. The maximum absolute atomic E-state index is 12.8. The highest BCUT2D eigenvalue weighted by Crippen LogP contribution is 2.35. The Hall–Kier alpha value is -3.19. The number of ether oxygens (including phenoxy) is 4. The van der Waals surface area contributed by atoms with Crippen LogP contribution in [0.1, 0.15) is 22.1 Å². The average molecular weight is 442 g/mol. The van der Waals surface area contributed by atoms with Crippen LogP contribution in [0.5, 0.6) is 0 Å². The largest absolute Gasteiger partial charge is 0.464 e. The van der Waals surface area contributed by atoms with Crippen molar-refractivity contribution in [3.8, 4) is 0 Å².